The molecule has 0 saturated carbocycles. The summed E-state index contributed by atoms with van der Waals surface area (Å²) >= 11 is 0. The zero-order chi connectivity index (χ0) is 43.3. The van der Waals surface area contributed by atoms with Crippen LogP contribution in [-0.2, 0) is 28.8 Å². The van der Waals surface area contributed by atoms with Crippen molar-refractivity contribution in [3.8, 4) is 45.8 Å². The van der Waals surface area contributed by atoms with Crippen molar-refractivity contribution in [2.24, 2.45) is 0 Å². The fraction of sp³-hybridized carbons (Fsp3) is 0.533. The third-order valence-electron chi connectivity index (χ3n) is 8.92. The Kier molecular flexibility index (Phi) is 20.3. The molecule has 0 aliphatic heterocycles. The zero-order valence-corrected chi connectivity index (χ0v) is 35.3. The van der Waals surface area contributed by atoms with Crippen LogP contribution in [0.3, 0.4) is 0 Å². The molecular formula is C45H58O14. The smallest absolute Gasteiger partial charge is 0.311 e. The quantitative estimate of drug-likeness (QED) is 0.0580. The van der Waals surface area contributed by atoms with Gasteiger partial charge in [-0.2, -0.15) is 0 Å². The van der Waals surface area contributed by atoms with Crippen LogP contribution in [0.15, 0.2) is 33.5 Å². The van der Waals surface area contributed by atoms with E-state index >= 15 is 0 Å². The molecule has 0 unspecified atom stereocenters. The Hall–Kier alpha value is -5.53. The van der Waals surface area contributed by atoms with Crippen molar-refractivity contribution in [3.05, 3.63) is 34.5 Å². The van der Waals surface area contributed by atoms with E-state index in [1.165, 1.54) is 24.3 Å². The minimum Gasteiger partial charge on any atom is -0.452 e. The minimum absolute atomic E-state index is 0.000422. The predicted octanol–water partition coefficient (Wildman–Crippen LogP) is 10.0. The third kappa shape index (κ3) is 15.0. The van der Waals surface area contributed by atoms with Gasteiger partial charge < -0.3 is 32.8 Å². The van der Waals surface area contributed by atoms with Crippen LogP contribution in [0, 0.1) is 0 Å². The second kappa shape index (κ2) is 25.1. The van der Waals surface area contributed by atoms with Crippen LogP contribution in [0.1, 0.15) is 157 Å². The summed E-state index contributed by atoms with van der Waals surface area (Å²) in [6, 6.07) is 4.96. The Morgan fingerprint density at radius 3 is 1.20 bits per heavy atom. The Labute approximate surface area is 345 Å². The fourth-order valence-corrected chi connectivity index (χ4v) is 5.59. The molecule has 14 nitrogen and oxygen atoms in total. The Morgan fingerprint density at radius 1 is 0.441 bits per heavy atom. The van der Waals surface area contributed by atoms with E-state index in [1.54, 1.807) is 0 Å². The highest BCUT2D eigenvalue weighted by Crippen LogP contribution is 2.45. The normalized spacial score (nSPS) is 10.9. The number of carbonyl (C=O) groups is 6. The van der Waals surface area contributed by atoms with Crippen LogP contribution in [0.5, 0.6) is 34.5 Å². The standard InChI is InChI=1S/C45H58O14/c1-7-13-19-35(46)53-30-27-31(54-36(47)20-14-8-2)41-32(28-30)57-43(45(42(41)52)59-40(51)24-18-12-6)29-25-33(55-37(48)21-15-9-3)44(58-39(50)23-17-11-5)34(26-29)56-38(49)22-16-10-4/h25-28H,7-24H2,1-6H3. The molecule has 0 aliphatic carbocycles. The summed E-state index contributed by atoms with van der Waals surface area (Å²) in [6.07, 6.45) is 7.12. The van der Waals surface area contributed by atoms with Gasteiger partial charge in [0.05, 0.1) is 0 Å². The molecule has 1 heterocycles. The lowest BCUT2D eigenvalue weighted by Crippen LogP contribution is -2.18. The summed E-state index contributed by atoms with van der Waals surface area (Å²) in [6.45, 7) is 11.4. The number of unbranched alkanes of at least 4 members (excludes halogenated alkanes) is 6. The van der Waals surface area contributed by atoms with E-state index in [2.05, 4.69) is 0 Å². The van der Waals surface area contributed by atoms with E-state index in [0.29, 0.717) is 70.6 Å². The van der Waals surface area contributed by atoms with Gasteiger partial charge in [-0.3, -0.25) is 33.6 Å². The van der Waals surface area contributed by atoms with Crippen molar-refractivity contribution >= 4 is 46.8 Å². The highest BCUT2D eigenvalue weighted by molar-refractivity contribution is 5.93. The lowest BCUT2D eigenvalue weighted by Gasteiger charge is -2.18. The predicted molar refractivity (Wildman–Crippen MR) is 219 cm³/mol. The van der Waals surface area contributed by atoms with E-state index in [4.69, 9.17) is 32.8 Å². The van der Waals surface area contributed by atoms with Crippen molar-refractivity contribution in [1.82, 2.24) is 0 Å². The summed E-state index contributed by atoms with van der Waals surface area (Å²) < 4.78 is 40.5. The highest BCUT2D eigenvalue weighted by atomic mass is 16.6. The largest absolute Gasteiger partial charge is 0.452 e. The van der Waals surface area contributed by atoms with E-state index in [9.17, 15) is 33.6 Å². The second-order valence-corrected chi connectivity index (χ2v) is 14.2. The number of rotatable bonds is 25. The van der Waals surface area contributed by atoms with Gasteiger partial charge in [-0.15, -0.1) is 0 Å². The molecule has 1 aromatic heterocycles. The van der Waals surface area contributed by atoms with Gasteiger partial charge in [0, 0.05) is 56.2 Å². The summed E-state index contributed by atoms with van der Waals surface area (Å²) in [5.74, 6) is -6.47. The van der Waals surface area contributed by atoms with Crippen LogP contribution < -0.4 is 33.8 Å². The number of ether oxygens (including phenoxy) is 6. The van der Waals surface area contributed by atoms with Crippen LogP contribution in [0.25, 0.3) is 22.3 Å². The molecule has 0 saturated heterocycles. The van der Waals surface area contributed by atoms with Gasteiger partial charge in [0.15, 0.2) is 17.3 Å². The van der Waals surface area contributed by atoms with Gasteiger partial charge >= 0.3 is 35.8 Å². The van der Waals surface area contributed by atoms with Gasteiger partial charge in [-0.25, -0.2) is 0 Å². The molecule has 0 atom stereocenters. The van der Waals surface area contributed by atoms with Crippen molar-refractivity contribution in [2.45, 2.75) is 157 Å². The SMILES string of the molecule is CCCCC(=O)Oc1cc(OC(=O)CCCC)c2c(=O)c(OC(=O)CCCC)c(-c3cc(OC(=O)CCCC)c(OC(=O)CCCC)c(OC(=O)CCCC)c3)oc2c1. The number of esters is 6. The maximum absolute atomic E-state index is 14.6. The number of fused-ring (bicyclic) bond motifs is 1. The Bertz CT molecular complexity index is 1950. The van der Waals surface area contributed by atoms with Gasteiger partial charge in [0.1, 0.15) is 22.5 Å². The van der Waals surface area contributed by atoms with Crippen molar-refractivity contribution in [2.75, 3.05) is 0 Å². The topological polar surface area (TPSA) is 188 Å². The maximum Gasteiger partial charge on any atom is 0.311 e. The summed E-state index contributed by atoms with van der Waals surface area (Å²) in [4.78, 5) is 92.9. The average molecular weight is 823 g/mol. The monoisotopic (exact) mass is 822 g/mol. The van der Waals surface area contributed by atoms with Gasteiger partial charge in [0.25, 0.3) is 0 Å². The molecule has 2 aromatic carbocycles. The molecule has 0 spiro atoms. The van der Waals surface area contributed by atoms with Crippen molar-refractivity contribution in [3.63, 3.8) is 0 Å². The molecule has 0 fully saturated rings. The highest BCUT2D eigenvalue weighted by Gasteiger charge is 2.29. The third-order valence-corrected chi connectivity index (χ3v) is 8.92. The van der Waals surface area contributed by atoms with Crippen molar-refractivity contribution in [1.29, 1.82) is 0 Å². The molecule has 0 N–H and O–H groups in total. The Balaban J connectivity index is 2.47. The maximum atomic E-state index is 14.6. The van der Waals surface area contributed by atoms with Crippen LogP contribution in [0.2, 0.25) is 0 Å². The molecule has 0 amide bonds. The van der Waals surface area contributed by atoms with Crippen LogP contribution in [-0.4, -0.2) is 35.8 Å². The van der Waals surface area contributed by atoms with E-state index < -0.39 is 47.0 Å². The van der Waals surface area contributed by atoms with Gasteiger partial charge in [-0.05, 0) is 50.7 Å². The second-order valence-electron chi connectivity index (χ2n) is 14.2. The lowest BCUT2D eigenvalue weighted by atomic mass is 10.1. The fourth-order valence-electron chi connectivity index (χ4n) is 5.59. The Morgan fingerprint density at radius 2 is 0.797 bits per heavy atom. The van der Waals surface area contributed by atoms with Gasteiger partial charge in [0.2, 0.25) is 16.9 Å². The molecule has 3 aromatic rings. The molecule has 14 heteroatoms. The molecule has 3 rings (SSSR count). The number of carbonyl (C=O) groups excluding carboxylic acids is 6. The number of hydrogen-bond acceptors (Lipinski definition) is 14. The van der Waals surface area contributed by atoms with Crippen molar-refractivity contribution < 1.29 is 61.6 Å². The zero-order valence-electron chi connectivity index (χ0n) is 35.3. The van der Waals surface area contributed by atoms with E-state index in [0.717, 1.165) is 6.42 Å². The molecule has 322 valence electrons. The first-order chi connectivity index (χ1) is 28.4. The summed E-state index contributed by atoms with van der Waals surface area (Å²) in [5, 5.41) is -0.288. The van der Waals surface area contributed by atoms with Gasteiger partial charge in [-0.1, -0.05) is 80.1 Å². The molecule has 0 radical (unpaired) electrons. The molecule has 0 bridgehead atoms. The first-order valence-corrected chi connectivity index (χ1v) is 21.0. The molecule has 0 aliphatic rings. The van der Waals surface area contributed by atoms with E-state index in [-0.39, 0.29) is 89.6 Å². The molecular weight excluding hydrogens is 764 g/mol. The van der Waals surface area contributed by atoms with E-state index in [1.807, 2.05) is 41.5 Å². The number of hydrogen-bond donors (Lipinski definition) is 0. The summed E-state index contributed by atoms with van der Waals surface area (Å²) in [5.41, 5.74) is -1.24. The lowest BCUT2D eigenvalue weighted by molar-refractivity contribution is -0.138. The summed E-state index contributed by atoms with van der Waals surface area (Å²) in [7, 11) is 0. The molecule has 59 heavy (non-hydrogen) atoms. The van der Waals surface area contributed by atoms with Crippen LogP contribution in [0.4, 0.5) is 0 Å². The minimum atomic E-state index is -0.925. The first-order valence-electron chi connectivity index (χ1n) is 21.0. The first kappa shape index (κ1) is 47.8. The average Bonchev–Trinajstić information content (AvgIpc) is 3.20. The number of benzene rings is 2. The van der Waals surface area contributed by atoms with Crippen LogP contribution >= 0.6 is 0 Å².